The molecule has 1 aliphatic carbocycles. The van der Waals surface area contributed by atoms with Crippen LogP contribution in [-0.4, -0.2) is 34.1 Å². The number of hydrogen-bond acceptors (Lipinski definition) is 5. The van der Waals surface area contributed by atoms with E-state index in [2.05, 4.69) is 17.1 Å². The first-order valence-electron chi connectivity index (χ1n) is 5.59. The van der Waals surface area contributed by atoms with Crippen molar-refractivity contribution in [3.05, 3.63) is 5.01 Å². The fourth-order valence-electron chi connectivity index (χ4n) is 1.61. The first kappa shape index (κ1) is 11.3. The Bertz CT molecular complexity index is 375. The van der Waals surface area contributed by atoms with Crippen LogP contribution in [0.4, 0.5) is 5.13 Å². The fourth-order valence-corrected chi connectivity index (χ4v) is 2.19. The summed E-state index contributed by atoms with van der Waals surface area (Å²) in [5.41, 5.74) is 5.48. The molecular weight excluding hydrogens is 224 g/mol. The van der Waals surface area contributed by atoms with Crippen molar-refractivity contribution in [3.8, 4) is 0 Å². The third-order valence-electron chi connectivity index (χ3n) is 2.58. The summed E-state index contributed by atoms with van der Waals surface area (Å²) in [4.78, 5) is 14.0. The van der Waals surface area contributed by atoms with Crippen molar-refractivity contribution in [2.75, 3.05) is 18.8 Å². The molecule has 0 atom stereocenters. The molecule has 6 heteroatoms. The van der Waals surface area contributed by atoms with E-state index in [1.807, 2.05) is 4.90 Å². The normalized spacial score (nSPS) is 15.1. The van der Waals surface area contributed by atoms with Gasteiger partial charge in [-0.15, -0.1) is 10.2 Å². The summed E-state index contributed by atoms with van der Waals surface area (Å²) in [6.45, 7) is 3.71. The summed E-state index contributed by atoms with van der Waals surface area (Å²) in [6, 6.07) is 0. The van der Waals surface area contributed by atoms with Crippen molar-refractivity contribution in [2.45, 2.75) is 26.2 Å². The lowest BCUT2D eigenvalue weighted by Crippen LogP contribution is -2.33. The van der Waals surface area contributed by atoms with Crippen LogP contribution in [0.5, 0.6) is 0 Å². The molecule has 1 aromatic heterocycles. The van der Waals surface area contributed by atoms with Gasteiger partial charge in [0.25, 0.3) is 5.91 Å². The molecule has 1 fully saturated rings. The molecule has 1 aliphatic rings. The molecule has 0 aliphatic heterocycles. The van der Waals surface area contributed by atoms with Crippen LogP contribution in [-0.2, 0) is 0 Å². The highest BCUT2D eigenvalue weighted by molar-refractivity contribution is 7.16. The van der Waals surface area contributed by atoms with Crippen LogP contribution in [0.2, 0.25) is 0 Å². The number of anilines is 1. The molecule has 2 N–H and O–H groups in total. The monoisotopic (exact) mass is 240 g/mol. The van der Waals surface area contributed by atoms with Crippen molar-refractivity contribution < 1.29 is 4.79 Å². The zero-order chi connectivity index (χ0) is 11.5. The molecule has 2 rings (SSSR count). The maximum atomic E-state index is 12.1. The van der Waals surface area contributed by atoms with Crippen LogP contribution in [0.3, 0.4) is 0 Å². The van der Waals surface area contributed by atoms with Gasteiger partial charge in [-0.1, -0.05) is 18.3 Å². The Morgan fingerprint density at radius 2 is 2.31 bits per heavy atom. The Balaban J connectivity index is 2.02. The smallest absolute Gasteiger partial charge is 0.284 e. The summed E-state index contributed by atoms with van der Waals surface area (Å²) < 4.78 is 0. The lowest BCUT2D eigenvalue weighted by atomic mass is 10.3. The minimum absolute atomic E-state index is 0.0250. The standard InChI is InChI=1S/C10H16N4OS/c1-2-5-14(6-7-3-4-7)9(15)8-12-13-10(11)16-8/h7H,2-6H2,1H3,(H2,11,13). The molecule has 16 heavy (non-hydrogen) atoms. The van der Waals surface area contributed by atoms with E-state index in [9.17, 15) is 4.79 Å². The second-order valence-electron chi connectivity index (χ2n) is 4.14. The second-order valence-corrected chi connectivity index (χ2v) is 5.15. The van der Waals surface area contributed by atoms with Crippen LogP contribution in [0, 0.1) is 5.92 Å². The van der Waals surface area contributed by atoms with E-state index >= 15 is 0 Å². The van der Waals surface area contributed by atoms with Gasteiger partial charge in [-0.2, -0.15) is 0 Å². The van der Waals surface area contributed by atoms with Gasteiger partial charge in [-0.3, -0.25) is 4.79 Å². The summed E-state index contributed by atoms with van der Waals surface area (Å²) in [7, 11) is 0. The largest absolute Gasteiger partial charge is 0.374 e. The molecule has 1 aromatic rings. The Hall–Kier alpha value is -1.17. The molecule has 0 aromatic carbocycles. The molecule has 0 spiro atoms. The molecule has 1 saturated carbocycles. The number of rotatable bonds is 5. The zero-order valence-electron chi connectivity index (χ0n) is 9.35. The van der Waals surface area contributed by atoms with Crippen molar-refractivity contribution in [1.29, 1.82) is 0 Å². The van der Waals surface area contributed by atoms with Gasteiger partial charge in [0.05, 0.1) is 0 Å². The number of aromatic nitrogens is 2. The predicted octanol–water partition coefficient (Wildman–Crippen LogP) is 1.38. The highest BCUT2D eigenvalue weighted by atomic mass is 32.1. The molecule has 5 nitrogen and oxygen atoms in total. The molecule has 88 valence electrons. The maximum absolute atomic E-state index is 12.1. The third-order valence-corrected chi connectivity index (χ3v) is 3.32. The zero-order valence-corrected chi connectivity index (χ0v) is 10.2. The summed E-state index contributed by atoms with van der Waals surface area (Å²) >= 11 is 1.16. The summed E-state index contributed by atoms with van der Waals surface area (Å²) in [5, 5.41) is 8.23. The molecule has 0 bridgehead atoms. The van der Waals surface area contributed by atoms with E-state index in [4.69, 9.17) is 5.73 Å². The SMILES string of the molecule is CCCN(CC1CC1)C(=O)c1nnc(N)s1. The summed E-state index contributed by atoms with van der Waals surface area (Å²) in [6.07, 6.45) is 3.45. The van der Waals surface area contributed by atoms with Crippen LogP contribution < -0.4 is 5.73 Å². The fraction of sp³-hybridized carbons (Fsp3) is 0.700. The minimum Gasteiger partial charge on any atom is -0.374 e. The maximum Gasteiger partial charge on any atom is 0.284 e. The average molecular weight is 240 g/mol. The number of nitrogen functional groups attached to an aromatic ring is 1. The predicted molar refractivity (Wildman–Crippen MR) is 63.2 cm³/mol. The minimum atomic E-state index is -0.0250. The third kappa shape index (κ3) is 2.69. The molecular formula is C10H16N4OS. The molecule has 0 unspecified atom stereocenters. The average Bonchev–Trinajstić information content (AvgIpc) is 2.97. The molecule has 1 amide bonds. The van der Waals surface area contributed by atoms with Gasteiger partial charge in [-0.05, 0) is 25.2 Å². The van der Waals surface area contributed by atoms with E-state index < -0.39 is 0 Å². The van der Waals surface area contributed by atoms with Gasteiger partial charge in [0.1, 0.15) is 0 Å². The Kier molecular flexibility index (Phi) is 3.38. The van der Waals surface area contributed by atoms with E-state index in [1.54, 1.807) is 0 Å². The molecule has 1 heterocycles. The topological polar surface area (TPSA) is 72.1 Å². The van der Waals surface area contributed by atoms with Crippen LogP contribution in [0.15, 0.2) is 0 Å². The van der Waals surface area contributed by atoms with E-state index in [0.29, 0.717) is 16.1 Å². The lowest BCUT2D eigenvalue weighted by molar-refractivity contribution is 0.0746. The van der Waals surface area contributed by atoms with E-state index in [-0.39, 0.29) is 5.91 Å². The van der Waals surface area contributed by atoms with Gasteiger partial charge in [0.2, 0.25) is 10.1 Å². The highest BCUT2D eigenvalue weighted by Gasteiger charge is 2.28. The molecule has 0 radical (unpaired) electrons. The number of amides is 1. The van der Waals surface area contributed by atoms with Gasteiger partial charge in [0.15, 0.2) is 0 Å². The second kappa shape index (κ2) is 4.78. The van der Waals surface area contributed by atoms with Gasteiger partial charge < -0.3 is 10.6 Å². The molecule has 0 saturated heterocycles. The van der Waals surface area contributed by atoms with Gasteiger partial charge in [0, 0.05) is 13.1 Å². The van der Waals surface area contributed by atoms with Crippen molar-refractivity contribution >= 4 is 22.4 Å². The number of nitrogens with zero attached hydrogens (tertiary/aromatic N) is 3. The number of carbonyl (C=O) groups excluding carboxylic acids is 1. The Morgan fingerprint density at radius 3 is 2.81 bits per heavy atom. The lowest BCUT2D eigenvalue weighted by Gasteiger charge is -2.20. The Labute approximate surface area is 98.7 Å². The number of hydrogen-bond donors (Lipinski definition) is 1. The first-order valence-corrected chi connectivity index (χ1v) is 6.40. The summed E-state index contributed by atoms with van der Waals surface area (Å²) in [5.74, 6) is 0.670. The van der Waals surface area contributed by atoms with Crippen molar-refractivity contribution in [2.24, 2.45) is 5.92 Å². The van der Waals surface area contributed by atoms with E-state index in [0.717, 1.165) is 30.8 Å². The number of nitrogens with two attached hydrogens (primary N) is 1. The van der Waals surface area contributed by atoms with E-state index in [1.165, 1.54) is 12.8 Å². The van der Waals surface area contributed by atoms with Crippen LogP contribution in [0.1, 0.15) is 36.0 Å². The van der Waals surface area contributed by atoms with Gasteiger partial charge in [-0.25, -0.2) is 0 Å². The van der Waals surface area contributed by atoms with Crippen molar-refractivity contribution in [1.82, 2.24) is 15.1 Å². The van der Waals surface area contributed by atoms with Gasteiger partial charge >= 0.3 is 0 Å². The Morgan fingerprint density at radius 1 is 1.56 bits per heavy atom. The number of carbonyl (C=O) groups is 1. The quantitative estimate of drug-likeness (QED) is 0.844. The first-order chi connectivity index (χ1) is 7.70. The van der Waals surface area contributed by atoms with Crippen LogP contribution in [0.25, 0.3) is 0 Å². The van der Waals surface area contributed by atoms with Crippen LogP contribution >= 0.6 is 11.3 Å². The van der Waals surface area contributed by atoms with Crippen molar-refractivity contribution in [3.63, 3.8) is 0 Å². The highest BCUT2D eigenvalue weighted by Crippen LogP contribution is 2.30.